The molecule has 0 amide bonds. The van der Waals surface area contributed by atoms with Gasteiger partial charge in [0.1, 0.15) is 0 Å². The fraction of sp³-hybridized carbons (Fsp3) is 0.273. The predicted octanol–water partition coefficient (Wildman–Crippen LogP) is 0.983. The molecule has 0 aromatic carbocycles. The first-order chi connectivity index (χ1) is 7.31. The summed E-state index contributed by atoms with van der Waals surface area (Å²) in [6, 6.07) is 3.97. The van der Waals surface area contributed by atoms with Crippen LogP contribution in [0.3, 0.4) is 0 Å². The maximum atomic E-state index is 5.56. The summed E-state index contributed by atoms with van der Waals surface area (Å²) in [5, 5.41) is 4.39. The minimum absolute atomic E-state index is 0.620. The van der Waals surface area contributed by atoms with Gasteiger partial charge in [-0.05, 0) is 24.2 Å². The first kappa shape index (κ1) is 9.86. The normalized spacial score (nSPS) is 10.5. The number of hydrogen-bond acceptors (Lipinski definition) is 3. The average Bonchev–Trinajstić information content (AvgIpc) is 2.62. The molecule has 0 spiro atoms. The van der Waals surface area contributed by atoms with Gasteiger partial charge in [-0.25, -0.2) is 0 Å². The van der Waals surface area contributed by atoms with Crippen molar-refractivity contribution in [3.05, 3.63) is 36.4 Å². The van der Waals surface area contributed by atoms with E-state index in [1.165, 1.54) is 0 Å². The maximum absolute atomic E-state index is 5.56. The highest BCUT2D eigenvalue weighted by Gasteiger charge is 2.08. The lowest BCUT2D eigenvalue weighted by atomic mass is 10.1. The summed E-state index contributed by atoms with van der Waals surface area (Å²) in [6.07, 6.45) is 6.39. The zero-order valence-corrected chi connectivity index (χ0v) is 8.72. The van der Waals surface area contributed by atoms with Gasteiger partial charge in [-0.15, -0.1) is 0 Å². The molecule has 4 nitrogen and oxygen atoms in total. The zero-order chi connectivity index (χ0) is 10.7. The zero-order valence-electron chi connectivity index (χ0n) is 8.72. The van der Waals surface area contributed by atoms with E-state index in [4.69, 9.17) is 5.73 Å². The second-order valence-electron chi connectivity index (χ2n) is 3.44. The molecule has 0 aliphatic heterocycles. The smallest absolute Gasteiger partial charge is 0.0715 e. The number of hydrogen-bond donors (Lipinski definition) is 1. The monoisotopic (exact) mass is 202 g/mol. The molecule has 4 heteroatoms. The lowest BCUT2D eigenvalue weighted by Gasteiger charge is -1.99. The number of rotatable bonds is 3. The van der Waals surface area contributed by atoms with Crippen LogP contribution in [-0.4, -0.2) is 21.3 Å². The van der Waals surface area contributed by atoms with Gasteiger partial charge < -0.3 is 5.73 Å². The molecule has 0 atom stereocenters. The molecule has 2 heterocycles. The van der Waals surface area contributed by atoms with Crippen LogP contribution in [0.2, 0.25) is 0 Å². The van der Waals surface area contributed by atoms with Crippen molar-refractivity contribution in [3.8, 4) is 11.1 Å². The predicted molar refractivity (Wildman–Crippen MR) is 59.2 cm³/mol. The molecule has 2 aromatic rings. The van der Waals surface area contributed by atoms with Crippen LogP contribution >= 0.6 is 0 Å². The van der Waals surface area contributed by atoms with Gasteiger partial charge in [0.05, 0.1) is 5.69 Å². The van der Waals surface area contributed by atoms with Gasteiger partial charge >= 0.3 is 0 Å². The van der Waals surface area contributed by atoms with E-state index in [1.54, 1.807) is 12.4 Å². The van der Waals surface area contributed by atoms with E-state index in [1.807, 2.05) is 30.1 Å². The average molecular weight is 202 g/mol. The van der Waals surface area contributed by atoms with Crippen LogP contribution in [0, 0.1) is 0 Å². The van der Waals surface area contributed by atoms with Crippen LogP contribution in [0.25, 0.3) is 11.1 Å². The van der Waals surface area contributed by atoms with Crippen LogP contribution in [0.5, 0.6) is 0 Å². The second kappa shape index (κ2) is 4.23. The van der Waals surface area contributed by atoms with Crippen LogP contribution in [0.15, 0.2) is 30.7 Å². The Morgan fingerprint density at radius 3 is 2.73 bits per heavy atom. The second-order valence-corrected chi connectivity index (χ2v) is 3.44. The SMILES string of the molecule is Cn1cc(-c2ccncc2)c(CCN)n1. The Balaban J connectivity index is 2.43. The first-order valence-corrected chi connectivity index (χ1v) is 4.94. The summed E-state index contributed by atoms with van der Waals surface area (Å²) >= 11 is 0. The molecular weight excluding hydrogens is 188 g/mol. The Bertz CT molecular complexity index is 433. The Morgan fingerprint density at radius 2 is 2.07 bits per heavy atom. The fourth-order valence-electron chi connectivity index (χ4n) is 1.63. The molecule has 15 heavy (non-hydrogen) atoms. The molecule has 78 valence electrons. The third-order valence-electron chi connectivity index (χ3n) is 2.28. The number of nitrogens with two attached hydrogens (primary N) is 1. The fourth-order valence-corrected chi connectivity index (χ4v) is 1.63. The Labute approximate surface area is 88.8 Å². The van der Waals surface area contributed by atoms with E-state index in [0.717, 1.165) is 23.2 Å². The van der Waals surface area contributed by atoms with Crippen LogP contribution in [-0.2, 0) is 13.5 Å². The van der Waals surface area contributed by atoms with E-state index in [2.05, 4.69) is 10.1 Å². The number of aromatic nitrogens is 3. The van der Waals surface area contributed by atoms with Crippen molar-refractivity contribution in [2.75, 3.05) is 6.54 Å². The third kappa shape index (κ3) is 2.05. The van der Waals surface area contributed by atoms with Gasteiger partial charge in [0, 0.05) is 37.6 Å². The van der Waals surface area contributed by atoms with E-state index >= 15 is 0 Å². The molecule has 0 aliphatic carbocycles. The standard InChI is InChI=1S/C11H14N4/c1-15-8-10(11(14-15)2-5-12)9-3-6-13-7-4-9/h3-4,6-8H,2,5,12H2,1H3. The van der Waals surface area contributed by atoms with Crippen LogP contribution in [0.4, 0.5) is 0 Å². The summed E-state index contributed by atoms with van der Waals surface area (Å²) in [6.45, 7) is 0.620. The first-order valence-electron chi connectivity index (χ1n) is 4.94. The summed E-state index contributed by atoms with van der Waals surface area (Å²) in [7, 11) is 1.92. The molecule has 2 rings (SSSR count). The van der Waals surface area contributed by atoms with E-state index < -0.39 is 0 Å². The third-order valence-corrected chi connectivity index (χ3v) is 2.28. The number of pyridine rings is 1. The lowest BCUT2D eigenvalue weighted by molar-refractivity contribution is 0.739. The Hall–Kier alpha value is -1.68. The van der Waals surface area contributed by atoms with Crippen LogP contribution < -0.4 is 5.73 Å². The van der Waals surface area contributed by atoms with E-state index in [9.17, 15) is 0 Å². The topological polar surface area (TPSA) is 56.7 Å². The Kier molecular flexibility index (Phi) is 2.78. The molecule has 0 bridgehead atoms. The summed E-state index contributed by atoms with van der Waals surface area (Å²) in [4.78, 5) is 4.00. The Morgan fingerprint density at radius 1 is 1.33 bits per heavy atom. The summed E-state index contributed by atoms with van der Waals surface area (Å²) in [5.74, 6) is 0. The molecule has 0 unspecified atom stereocenters. The van der Waals surface area contributed by atoms with Gasteiger partial charge in [0.15, 0.2) is 0 Å². The molecular formula is C11H14N4. The van der Waals surface area contributed by atoms with Crippen molar-refractivity contribution in [2.24, 2.45) is 12.8 Å². The lowest BCUT2D eigenvalue weighted by Crippen LogP contribution is -2.04. The van der Waals surface area contributed by atoms with Gasteiger partial charge in [-0.2, -0.15) is 5.10 Å². The van der Waals surface area contributed by atoms with Crippen molar-refractivity contribution in [3.63, 3.8) is 0 Å². The minimum Gasteiger partial charge on any atom is -0.330 e. The van der Waals surface area contributed by atoms with Crippen LogP contribution in [0.1, 0.15) is 5.69 Å². The van der Waals surface area contributed by atoms with Gasteiger partial charge in [0.2, 0.25) is 0 Å². The van der Waals surface area contributed by atoms with E-state index in [-0.39, 0.29) is 0 Å². The highest BCUT2D eigenvalue weighted by atomic mass is 15.2. The molecule has 0 aliphatic rings. The van der Waals surface area contributed by atoms with Crippen molar-refractivity contribution in [1.82, 2.24) is 14.8 Å². The molecule has 0 radical (unpaired) electrons. The quantitative estimate of drug-likeness (QED) is 0.807. The highest BCUT2D eigenvalue weighted by molar-refractivity contribution is 5.64. The van der Waals surface area contributed by atoms with Crippen molar-refractivity contribution in [2.45, 2.75) is 6.42 Å². The minimum atomic E-state index is 0.620. The molecule has 0 fully saturated rings. The molecule has 2 aromatic heterocycles. The van der Waals surface area contributed by atoms with Gasteiger partial charge in [0.25, 0.3) is 0 Å². The maximum Gasteiger partial charge on any atom is 0.0715 e. The van der Waals surface area contributed by atoms with Crippen molar-refractivity contribution >= 4 is 0 Å². The summed E-state index contributed by atoms with van der Waals surface area (Å²) < 4.78 is 1.82. The largest absolute Gasteiger partial charge is 0.330 e. The summed E-state index contributed by atoms with van der Waals surface area (Å²) in [5.41, 5.74) is 8.89. The number of nitrogens with zero attached hydrogens (tertiary/aromatic N) is 3. The van der Waals surface area contributed by atoms with Gasteiger partial charge in [-0.1, -0.05) is 0 Å². The highest BCUT2D eigenvalue weighted by Crippen LogP contribution is 2.21. The molecule has 2 N–H and O–H groups in total. The van der Waals surface area contributed by atoms with Crippen molar-refractivity contribution < 1.29 is 0 Å². The van der Waals surface area contributed by atoms with Gasteiger partial charge in [-0.3, -0.25) is 9.67 Å². The molecule has 0 saturated heterocycles. The van der Waals surface area contributed by atoms with Crippen molar-refractivity contribution in [1.29, 1.82) is 0 Å². The molecule has 0 saturated carbocycles. The number of aryl methyl sites for hydroxylation is 1. The van der Waals surface area contributed by atoms with E-state index in [0.29, 0.717) is 6.54 Å².